The zero-order valence-corrected chi connectivity index (χ0v) is 12.0. The van der Waals surface area contributed by atoms with Gasteiger partial charge in [-0.2, -0.15) is 0 Å². The molecule has 3 heteroatoms. The number of phenolic OH excluding ortho intramolecular Hbond substituents is 1. The smallest absolute Gasteiger partial charge is 0.120 e. The molecule has 102 valence electrons. The first-order chi connectivity index (χ1) is 8.21. The summed E-state index contributed by atoms with van der Waals surface area (Å²) in [6.07, 6.45) is -0.397. The third kappa shape index (κ3) is 4.00. The van der Waals surface area contributed by atoms with E-state index in [-0.39, 0.29) is 5.41 Å². The van der Waals surface area contributed by atoms with Crippen molar-refractivity contribution in [3.8, 4) is 5.75 Å². The predicted molar refractivity (Wildman–Crippen MR) is 74.7 cm³/mol. The standard InChI is InChI=1S/C15H25NO2/c1-10-6-12(13(17)7-11(10)2)8-16-9-14(18)15(3,4)5/h6-7,14,16-18H,8-9H2,1-5H3. The molecule has 1 aromatic carbocycles. The number of aliphatic hydroxyl groups excluding tert-OH is 1. The first-order valence-electron chi connectivity index (χ1n) is 6.39. The van der Waals surface area contributed by atoms with Crippen molar-refractivity contribution in [1.29, 1.82) is 0 Å². The summed E-state index contributed by atoms with van der Waals surface area (Å²) in [5, 5.41) is 22.9. The molecular weight excluding hydrogens is 226 g/mol. The highest BCUT2D eigenvalue weighted by molar-refractivity contribution is 5.40. The highest BCUT2D eigenvalue weighted by atomic mass is 16.3. The molecule has 0 spiro atoms. The summed E-state index contributed by atoms with van der Waals surface area (Å²) in [7, 11) is 0. The number of benzene rings is 1. The molecule has 0 aromatic heterocycles. The quantitative estimate of drug-likeness (QED) is 0.770. The van der Waals surface area contributed by atoms with Gasteiger partial charge in [0.05, 0.1) is 6.10 Å². The van der Waals surface area contributed by atoms with Crippen LogP contribution in [-0.2, 0) is 6.54 Å². The molecule has 0 heterocycles. The van der Waals surface area contributed by atoms with Gasteiger partial charge in [0.2, 0.25) is 0 Å². The van der Waals surface area contributed by atoms with Crippen molar-refractivity contribution in [1.82, 2.24) is 5.32 Å². The van der Waals surface area contributed by atoms with E-state index in [1.165, 1.54) is 5.56 Å². The van der Waals surface area contributed by atoms with Crippen molar-refractivity contribution in [2.45, 2.75) is 47.3 Å². The molecule has 0 radical (unpaired) electrons. The second-order valence-electron chi connectivity index (χ2n) is 6.08. The van der Waals surface area contributed by atoms with Crippen LogP contribution in [0.1, 0.15) is 37.5 Å². The van der Waals surface area contributed by atoms with Crippen LogP contribution in [0.2, 0.25) is 0 Å². The van der Waals surface area contributed by atoms with Crippen LogP contribution in [0.4, 0.5) is 0 Å². The predicted octanol–water partition coefficient (Wildman–Crippen LogP) is 2.51. The lowest BCUT2D eigenvalue weighted by Crippen LogP contribution is -2.36. The lowest BCUT2D eigenvalue weighted by atomic mass is 9.89. The van der Waals surface area contributed by atoms with Crippen LogP contribution in [0.3, 0.4) is 0 Å². The molecule has 3 nitrogen and oxygen atoms in total. The second-order valence-corrected chi connectivity index (χ2v) is 6.08. The molecule has 0 saturated carbocycles. The second kappa shape index (κ2) is 5.72. The Morgan fingerprint density at radius 1 is 1.17 bits per heavy atom. The Morgan fingerprint density at radius 3 is 2.28 bits per heavy atom. The Kier molecular flexibility index (Phi) is 4.77. The molecule has 0 aliphatic rings. The van der Waals surface area contributed by atoms with E-state index in [4.69, 9.17) is 0 Å². The minimum atomic E-state index is -0.397. The van der Waals surface area contributed by atoms with Crippen LogP contribution in [-0.4, -0.2) is 22.9 Å². The molecule has 1 atom stereocenters. The van der Waals surface area contributed by atoms with E-state index >= 15 is 0 Å². The van der Waals surface area contributed by atoms with Gasteiger partial charge in [0.15, 0.2) is 0 Å². The fourth-order valence-electron chi connectivity index (χ4n) is 1.65. The Morgan fingerprint density at radius 2 is 1.72 bits per heavy atom. The maximum atomic E-state index is 9.91. The average molecular weight is 251 g/mol. The van der Waals surface area contributed by atoms with Crippen molar-refractivity contribution >= 4 is 0 Å². The molecule has 3 N–H and O–H groups in total. The van der Waals surface area contributed by atoms with E-state index in [0.717, 1.165) is 11.1 Å². The zero-order valence-electron chi connectivity index (χ0n) is 12.0. The third-order valence-corrected chi connectivity index (χ3v) is 3.35. The van der Waals surface area contributed by atoms with E-state index in [1.54, 1.807) is 6.07 Å². The lowest BCUT2D eigenvalue weighted by Gasteiger charge is -2.26. The molecule has 0 bridgehead atoms. The maximum Gasteiger partial charge on any atom is 0.120 e. The average Bonchev–Trinajstić information content (AvgIpc) is 2.23. The van der Waals surface area contributed by atoms with Gasteiger partial charge in [-0.3, -0.25) is 0 Å². The van der Waals surface area contributed by atoms with Crippen LogP contribution < -0.4 is 5.32 Å². The summed E-state index contributed by atoms with van der Waals surface area (Å²) in [6, 6.07) is 3.77. The van der Waals surface area contributed by atoms with Crippen LogP contribution in [0.15, 0.2) is 12.1 Å². The molecular formula is C15H25NO2. The summed E-state index contributed by atoms with van der Waals surface area (Å²) in [5.74, 6) is 0.316. The fourth-order valence-corrected chi connectivity index (χ4v) is 1.65. The number of aliphatic hydroxyl groups is 1. The Balaban J connectivity index is 2.57. The van der Waals surface area contributed by atoms with E-state index < -0.39 is 6.10 Å². The van der Waals surface area contributed by atoms with Crippen molar-refractivity contribution in [3.63, 3.8) is 0 Å². The van der Waals surface area contributed by atoms with Crippen molar-refractivity contribution in [3.05, 3.63) is 28.8 Å². The van der Waals surface area contributed by atoms with Crippen molar-refractivity contribution in [2.24, 2.45) is 5.41 Å². The Hall–Kier alpha value is -1.06. The largest absolute Gasteiger partial charge is 0.508 e. The Labute approximate surface area is 110 Å². The summed E-state index contributed by atoms with van der Waals surface area (Å²) >= 11 is 0. The SMILES string of the molecule is Cc1cc(O)c(CNCC(O)C(C)(C)C)cc1C. The number of hydrogen-bond donors (Lipinski definition) is 3. The van der Waals surface area contributed by atoms with Gasteiger partial charge in [-0.1, -0.05) is 26.8 Å². The van der Waals surface area contributed by atoms with Crippen LogP contribution >= 0.6 is 0 Å². The minimum Gasteiger partial charge on any atom is -0.508 e. The van der Waals surface area contributed by atoms with Crippen LogP contribution in [0.25, 0.3) is 0 Å². The Bertz CT molecular complexity index is 408. The molecule has 0 aliphatic heterocycles. The number of nitrogens with one attached hydrogen (secondary N) is 1. The number of aryl methyl sites for hydroxylation is 2. The fraction of sp³-hybridized carbons (Fsp3) is 0.600. The third-order valence-electron chi connectivity index (χ3n) is 3.35. The number of hydrogen-bond acceptors (Lipinski definition) is 3. The van der Waals surface area contributed by atoms with Crippen LogP contribution in [0.5, 0.6) is 5.75 Å². The van der Waals surface area contributed by atoms with Crippen molar-refractivity contribution in [2.75, 3.05) is 6.54 Å². The first kappa shape index (κ1) is 15.0. The zero-order chi connectivity index (χ0) is 13.9. The van der Waals surface area contributed by atoms with Gasteiger partial charge in [-0.15, -0.1) is 0 Å². The van der Waals surface area contributed by atoms with Crippen molar-refractivity contribution < 1.29 is 10.2 Å². The lowest BCUT2D eigenvalue weighted by molar-refractivity contribution is 0.0627. The van der Waals surface area contributed by atoms with Gasteiger partial charge in [-0.05, 0) is 36.5 Å². The topological polar surface area (TPSA) is 52.5 Å². The van der Waals surface area contributed by atoms with Gasteiger partial charge in [0.1, 0.15) is 5.75 Å². The van der Waals surface area contributed by atoms with E-state index in [0.29, 0.717) is 18.8 Å². The van der Waals surface area contributed by atoms with Gasteiger partial charge in [0.25, 0.3) is 0 Å². The first-order valence-corrected chi connectivity index (χ1v) is 6.39. The molecule has 0 aliphatic carbocycles. The maximum absolute atomic E-state index is 9.91. The van der Waals surface area contributed by atoms with Gasteiger partial charge < -0.3 is 15.5 Å². The molecule has 1 aromatic rings. The summed E-state index contributed by atoms with van der Waals surface area (Å²) in [5.41, 5.74) is 3.00. The van der Waals surface area contributed by atoms with Gasteiger partial charge in [-0.25, -0.2) is 0 Å². The normalized spacial score (nSPS) is 13.7. The van der Waals surface area contributed by atoms with E-state index in [9.17, 15) is 10.2 Å². The monoisotopic (exact) mass is 251 g/mol. The molecule has 1 rings (SSSR count). The summed E-state index contributed by atoms with van der Waals surface area (Å²) in [4.78, 5) is 0. The van der Waals surface area contributed by atoms with E-state index in [2.05, 4.69) is 5.32 Å². The molecule has 18 heavy (non-hydrogen) atoms. The number of aromatic hydroxyl groups is 1. The van der Waals surface area contributed by atoms with Gasteiger partial charge in [0, 0.05) is 18.7 Å². The highest BCUT2D eigenvalue weighted by Crippen LogP contribution is 2.22. The highest BCUT2D eigenvalue weighted by Gasteiger charge is 2.21. The summed E-state index contributed by atoms with van der Waals surface area (Å²) in [6.45, 7) is 11.1. The molecule has 0 saturated heterocycles. The molecule has 0 amide bonds. The van der Waals surface area contributed by atoms with Crippen LogP contribution in [0, 0.1) is 19.3 Å². The minimum absolute atomic E-state index is 0.127. The summed E-state index contributed by atoms with van der Waals surface area (Å²) < 4.78 is 0. The number of phenols is 1. The van der Waals surface area contributed by atoms with Gasteiger partial charge >= 0.3 is 0 Å². The molecule has 0 fully saturated rings. The van der Waals surface area contributed by atoms with E-state index in [1.807, 2.05) is 40.7 Å². The molecule has 1 unspecified atom stereocenters. The number of rotatable bonds is 4.